The molecule has 0 spiro atoms. The van der Waals surface area contributed by atoms with Crippen molar-refractivity contribution in [2.75, 3.05) is 29.9 Å². The molecule has 10 heteroatoms. The Morgan fingerprint density at radius 3 is 2.47 bits per heavy atom. The average Bonchev–Trinajstić information content (AvgIpc) is 3.32. The third-order valence-corrected chi connectivity index (χ3v) is 6.39. The third-order valence-electron chi connectivity index (χ3n) is 4.97. The van der Waals surface area contributed by atoms with Gasteiger partial charge >= 0.3 is 0 Å². The number of sulfonamides is 1. The zero-order valence-corrected chi connectivity index (χ0v) is 17.9. The maximum atomic E-state index is 12.5. The lowest BCUT2D eigenvalue weighted by atomic mass is 10.2. The number of hydrogen-bond acceptors (Lipinski definition) is 6. The van der Waals surface area contributed by atoms with E-state index in [1.54, 1.807) is 24.3 Å². The molecule has 1 saturated heterocycles. The van der Waals surface area contributed by atoms with Gasteiger partial charge in [0.2, 0.25) is 15.9 Å². The molecular weight excluding hydrogens is 432 g/mol. The van der Waals surface area contributed by atoms with Crippen molar-refractivity contribution in [1.29, 1.82) is 0 Å². The summed E-state index contributed by atoms with van der Waals surface area (Å²) < 4.78 is 32.4. The second-order valence-corrected chi connectivity index (χ2v) is 8.97. The SMILES string of the molecule is O=C1CN(c2ccc(NC(=O)c3ccc(S(=O)(=O)NCc4ccco4)cc3)cc2)CCN1. The van der Waals surface area contributed by atoms with E-state index in [9.17, 15) is 18.0 Å². The summed E-state index contributed by atoms with van der Waals surface area (Å²) in [5.74, 6) is 0.122. The highest BCUT2D eigenvalue weighted by Gasteiger charge is 2.17. The number of furan rings is 1. The monoisotopic (exact) mass is 454 g/mol. The van der Waals surface area contributed by atoms with Gasteiger partial charge in [-0.1, -0.05) is 0 Å². The first-order valence-corrected chi connectivity index (χ1v) is 11.4. The van der Waals surface area contributed by atoms with Gasteiger partial charge in [-0.3, -0.25) is 9.59 Å². The van der Waals surface area contributed by atoms with Crippen LogP contribution in [0.3, 0.4) is 0 Å². The average molecular weight is 455 g/mol. The second-order valence-electron chi connectivity index (χ2n) is 7.20. The molecule has 4 rings (SSSR count). The molecule has 1 aliphatic rings. The van der Waals surface area contributed by atoms with Gasteiger partial charge < -0.3 is 20.0 Å². The van der Waals surface area contributed by atoms with Gasteiger partial charge in [0.15, 0.2) is 0 Å². The molecule has 1 aliphatic heterocycles. The molecule has 9 nitrogen and oxygen atoms in total. The molecule has 0 atom stereocenters. The lowest BCUT2D eigenvalue weighted by molar-refractivity contribution is -0.120. The van der Waals surface area contributed by atoms with Gasteiger partial charge in [0, 0.05) is 30.0 Å². The van der Waals surface area contributed by atoms with Crippen molar-refractivity contribution in [2.24, 2.45) is 0 Å². The van der Waals surface area contributed by atoms with Crippen LogP contribution in [-0.4, -0.2) is 39.9 Å². The van der Waals surface area contributed by atoms with Crippen molar-refractivity contribution in [3.8, 4) is 0 Å². The molecular formula is C22H22N4O5S. The minimum Gasteiger partial charge on any atom is -0.468 e. The van der Waals surface area contributed by atoms with E-state index in [4.69, 9.17) is 4.42 Å². The number of nitrogens with zero attached hydrogens (tertiary/aromatic N) is 1. The lowest BCUT2D eigenvalue weighted by Gasteiger charge is -2.28. The van der Waals surface area contributed by atoms with E-state index in [2.05, 4.69) is 15.4 Å². The number of carbonyl (C=O) groups is 2. The van der Waals surface area contributed by atoms with Gasteiger partial charge in [-0.15, -0.1) is 0 Å². The topological polar surface area (TPSA) is 121 Å². The molecule has 2 heterocycles. The Bertz CT molecular complexity index is 1190. The van der Waals surface area contributed by atoms with Crippen LogP contribution in [0.2, 0.25) is 0 Å². The molecule has 3 N–H and O–H groups in total. The fourth-order valence-electron chi connectivity index (χ4n) is 3.27. The van der Waals surface area contributed by atoms with E-state index >= 15 is 0 Å². The Morgan fingerprint density at radius 2 is 1.81 bits per heavy atom. The van der Waals surface area contributed by atoms with Crippen LogP contribution in [0.4, 0.5) is 11.4 Å². The number of hydrogen-bond donors (Lipinski definition) is 3. The molecule has 1 fully saturated rings. The van der Waals surface area contributed by atoms with Crippen LogP contribution in [0.5, 0.6) is 0 Å². The number of rotatable bonds is 7. The van der Waals surface area contributed by atoms with Crippen LogP contribution in [0.15, 0.2) is 76.2 Å². The molecule has 2 aromatic carbocycles. The molecule has 166 valence electrons. The zero-order chi connectivity index (χ0) is 22.6. The first-order valence-electron chi connectivity index (χ1n) is 9.96. The molecule has 3 aromatic rings. The number of anilines is 2. The highest BCUT2D eigenvalue weighted by Crippen LogP contribution is 2.19. The summed E-state index contributed by atoms with van der Waals surface area (Å²) in [6.45, 7) is 1.66. The number of piperazine rings is 1. The fraction of sp³-hybridized carbons (Fsp3) is 0.182. The molecule has 0 saturated carbocycles. The van der Waals surface area contributed by atoms with Gasteiger partial charge in [-0.2, -0.15) is 0 Å². The summed E-state index contributed by atoms with van der Waals surface area (Å²) in [6, 6.07) is 16.2. The first-order chi connectivity index (χ1) is 15.4. The minimum absolute atomic E-state index is 0.0183. The maximum absolute atomic E-state index is 12.5. The van der Waals surface area contributed by atoms with E-state index in [-0.39, 0.29) is 23.3 Å². The summed E-state index contributed by atoms with van der Waals surface area (Å²) in [5, 5.41) is 5.57. The first kappa shape index (κ1) is 21.6. The standard InChI is InChI=1S/C22H22N4O5S/c27-21-15-26(12-11-23-21)18-7-5-17(6-8-18)25-22(28)16-3-9-20(10-4-16)32(29,30)24-14-19-2-1-13-31-19/h1-10,13,24H,11-12,14-15H2,(H,23,27)(H,25,28). The Labute approximate surface area is 185 Å². The van der Waals surface area contributed by atoms with Crippen LogP contribution in [-0.2, 0) is 21.4 Å². The van der Waals surface area contributed by atoms with Crippen molar-refractivity contribution < 1.29 is 22.4 Å². The van der Waals surface area contributed by atoms with Gasteiger partial charge in [0.25, 0.3) is 5.91 Å². The van der Waals surface area contributed by atoms with E-state index < -0.39 is 10.0 Å². The summed E-state index contributed by atoms with van der Waals surface area (Å²) in [4.78, 5) is 26.1. The van der Waals surface area contributed by atoms with Crippen LogP contribution < -0.4 is 20.3 Å². The van der Waals surface area contributed by atoms with Gasteiger partial charge in [-0.05, 0) is 60.7 Å². The minimum atomic E-state index is -3.73. The molecule has 0 unspecified atom stereocenters. The summed E-state index contributed by atoms with van der Waals surface area (Å²) >= 11 is 0. The van der Waals surface area contributed by atoms with Gasteiger partial charge in [-0.25, -0.2) is 13.1 Å². The van der Waals surface area contributed by atoms with Crippen LogP contribution in [0, 0.1) is 0 Å². The summed E-state index contributed by atoms with van der Waals surface area (Å²) in [7, 11) is -3.73. The second kappa shape index (κ2) is 9.25. The Hall–Kier alpha value is -3.63. The van der Waals surface area contributed by atoms with E-state index in [0.29, 0.717) is 30.1 Å². The van der Waals surface area contributed by atoms with Crippen LogP contribution >= 0.6 is 0 Å². The van der Waals surface area contributed by atoms with Crippen LogP contribution in [0.1, 0.15) is 16.1 Å². The maximum Gasteiger partial charge on any atom is 0.255 e. The van der Waals surface area contributed by atoms with Gasteiger partial charge in [0.05, 0.1) is 24.2 Å². The number of carbonyl (C=O) groups excluding carboxylic acids is 2. The van der Waals surface area contributed by atoms with Crippen molar-refractivity contribution in [2.45, 2.75) is 11.4 Å². The molecule has 0 radical (unpaired) electrons. The van der Waals surface area contributed by atoms with E-state index in [0.717, 1.165) is 12.2 Å². The zero-order valence-electron chi connectivity index (χ0n) is 17.1. The van der Waals surface area contributed by atoms with Crippen molar-refractivity contribution in [1.82, 2.24) is 10.0 Å². The van der Waals surface area contributed by atoms with E-state index in [1.165, 1.54) is 30.5 Å². The Balaban J connectivity index is 1.36. The Morgan fingerprint density at radius 1 is 1.06 bits per heavy atom. The predicted molar refractivity (Wildman–Crippen MR) is 119 cm³/mol. The summed E-state index contributed by atoms with van der Waals surface area (Å²) in [5.41, 5.74) is 1.82. The number of amides is 2. The number of benzene rings is 2. The Kier molecular flexibility index (Phi) is 6.24. The number of nitrogens with one attached hydrogen (secondary N) is 3. The largest absolute Gasteiger partial charge is 0.468 e. The predicted octanol–water partition coefficient (Wildman–Crippen LogP) is 1.95. The van der Waals surface area contributed by atoms with Crippen LogP contribution in [0.25, 0.3) is 0 Å². The fourth-order valence-corrected chi connectivity index (χ4v) is 4.26. The summed E-state index contributed by atoms with van der Waals surface area (Å²) in [6.07, 6.45) is 1.47. The molecule has 32 heavy (non-hydrogen) atoms. The highest BCUT2D eigenvalue weighted by molar-refractivity contribution is 7.89. The molecule has 0 aliphatic carbocycles. The lowest BCUT2D eigenvalue weighted by Crippen LogP contribution is -2.47. The van der Waals surface area contributed by atoms with Crippen molar-refractivity contribution in [3.05, 3.63) is 78.3 Å². The highest BCUT2D eigenvalue weighted by atomic mass is 32.2. The smallest absolute Gasteiger partial charge is 0.255 e. The molecule has 0 bridgehead atoms. The van der Waals surface area contributed by atoms with Gasteiger partial charge in [0.1, 0.15) is 5.76 Å². The third kappa shape index (κ3) is 5.16. The molecule has 1 aromatic heterocycles. The molecule has 2 amide bonds. The normalized spacial score (nSPS) is 14.1. The van der Waals surface area contributed by atoms with Crippen molar-refractivity contribution >= 4 is 33.2 Å². The quantitative estimate of drug-likeness (QED) is 0.502. The van der Waals surface area contributed by atoms with E-state index in [1.807, 2.05) is 17.0 Å². The van der Waals surface area contributed by atoms with Crippen molar-refractivity contribution in [3.63, 3.8) is 0 Å².